The number of benzene rings is 1. The normalized spacial score (nSPS) is 9.95. The molecule has 0 fully saturated rings. The van der Waals surface area contributed by atoms with Gasteiger partial charge in [0.25, 0.3) is 5.91 Å². The van der Waals surface area contributed by atoms with Crippen molar-refractivity contribution >= 4 is 34.6 Å². The van der Waals surface area contributed by atoms with E-state index in [1.54, 1.807) is 17.4 Å². The van der Waals surface area contributed by atoms with E-state index in [1.165, 1.54) is 4.88 Å². The molecular weight excluding hydrogens is 276 g/mol. The molecule has 3 nitrogen and oxygen atoms in total. The van der Waals surface area contributed by atoms with Crippen molar-refractivity contribution in [3.05, 3.63) is 57.8 Å². The Hall–Kier alpha value is -1.72. The van der Waals surface area contributed by atoms with Crippen molar-refractivity contribution in [3.63, 3.8) is 0 Å². The Morgan fingerprint density at radius 3 is 2.84 bits per heavy atom. The van der Waals surface area contributed by atoms with Crippen molar-refractivity contribution in [2.24, 2.45) is 0 Å². The summed E-state index contributed by atoms with van der Waals surface area (Å²) < 4.78 is 0. The maximum atomic E-state index is 11.9. The van der Waals surface area contributed by atoms with E-state index in [0.29, 0.717) is 17.2 Å². The van der Waals surface area contributed by atoms with Gasteiger partial charge < -0.3 is 5.32 Å². The quantitative estimate of drug-likeness (QED) is 0.854. The number of carbonyl (C=O) groups is 1. The molecule has 19 heavy (non-hydrogen) atoms. The summed E-state index contributed by atoms with van der Waals surface area (Å²) >= 11 is 6.75. The van der Waals surface area contributed by atoms with Crippen LogP contribution in [0.2, 0.25) is 0 Å². The number of rotatable bonds is 3. The van der Waals surface area contributed by atoms with Crippen LogP contribution in [0.15, 0.2) is 41.8 Å². The second-order valence-electron chi connectivity index (χ2n) is 4.09. The number of amides is 1. The van der Waals surface area contributed by atoms with E-state index in [-0.39, 0.29) is 5.91 Å². The van der Waals surface area contributed by atoms with Crippen LogP contribution in [-0.4, -0.2) is 11.0 Å². The number of nitrogens with one attached hydrogen (secondary N) is 2. The van der Waals surface area contributed by atoms with Gasteiger partial charge in [-0.05, 0) is 42.7 Å². The highest BCUT2D eigenvalue weighted by Gasteiger charge is 2.07. The van der Waals surface area contributed by atoms with Gasteiger partial charge in [-0.15, -0.1) is 11.3 Å². The van der Waals surface area contributed by atoms with Gasteiger partial charge in [0.1, 0.15) is 0 Å². The third kappa shape index (κ3) is 4.15. The maximum absolute atomic E-state index is 11.9. The molecule has 0 aliphatic rings. The Labute approximate surface area is 121 Å². The maximum Gasteiger partial charge on any atom is 0.257 e. The summed E-state index contributed by atoms with van der Waals surface area (Å²) in [6.07, 6.45) is 0. The van der Waals surface area contributed by atoms with Crippen LogP contribution in [0, 0.1) is 6.92 Å². The number of aryl methyl sites for hydroxylation is 1. The van der Waals surface area contributed by atoms with E-state index in [4.69, 9.17) is 12.2 Å². The van der Waals surface area contributed by atoms with E-state index in [1.807, 2.05) is 42.6 Å². The molecule has 0 radical (unpaired) electrons. The van der Waals surface area contributed by atoms with Crippen molar-refractivity contribution < 1.29 is 4.79 Å². The van der Waals surface area contributed by atoms with Crippen molar-refractivity contribution in [1.29, 1.82) is 0 Å². The van der Waals surface area contributed by atoms with Crippen molar-refractivity contribution in [2.75, 3.05) is 0 Å². The molecule has 2 rings (SSSR count). The van der Waals surface area contributed by atoms with Crippen molar-refractivity contribution in [2.45, 2.75) is 13.5 Å². The molecule has 0 aliphatic heterocycles. The second-order valence-corrected chi connectivity index (χ2v) is 5.53. The molecular formula is C14H14N2OS2. The highest BCUT2D eigenvalue weighted by atomic mass is 32.1. The fourth-order valence-corrected chi connectivity index (χ4v) is 2.40. The Balaban J connectivity index is 1.86. The van der Waals surface area contributed by atoms with Gasteiger partial charge in [-0.2, -0.15) is 0 Å². The summed E-state index contributed by atoms with van der Waals surface area (Å²) in [5.41, 5.74) is 1.66. The van der Waals surface area contributed by atoms with E-state index in [0.717, 1.165) is 5.56 Å². The first-order valence-corrected chi connectivity index (χ1v) is 7.12. The van der Waals surface area contributed by atoms with Crippen LogP contribution in [0.4, 0.5) is 0 Å². The zero-order valence-electron chi connectivity index (χ0n) is 10.5. The molecule has 5 heteroatoms. The molecule has 0 spiro atoms. The van der Waals surface area contributed by atoms with Crippen molar-refractivity contribution in [1.82, 2.24) is 10.6 Å². The Morgan fingerprint density at radius 2 is 2.16 bits per heavy atom. The summed E-state index contributed by atoms with van der Waals surface area (Å²) in [5.74, 6) is -0.188. The summed E-state index contributed by atoms with van der Waals surface area (Å²) in [6.45, 7) is 2.58. The molecule has 0 saturated carbocycles. The van der Waals surface area contributed by atoms with Gasteiger partial charge in [0.05, 0.1) is 6.54 Å². The fourth-order valence-electron chi connectivity index (χ4n) is 1.59. The standard InChI is InChI=1S/C14H14N2OS2/c1-10-4-2-5-11(8-10)13(17)16-14(18)15-9-12-6-3-7-19-12/h2-8H,9H2,1H3,(H2,15,16,17,18). The molecule has 0 aliphatic carbocycles. The minimum Gasteiger partial charge on any atom is -0.357 e. The Kier molecular flexibility index (Phi) is 4.65. The lowest BCUT2D eigenvalue weighted by molar-refractivity contribution is 0.0976. The number of hydrogen-bond donors (Lipinski definition) is 2. The van der Waals surface area contributed by atoms with E-state index in [9.17, 15) is 4.79 Å². The van der Waals surface area contributed by atoms with Crippen LogP contribution >= 0.6 is 23.6 Å². The Bertz CT molecular complexity index is 579. The molecule has 0 bridgehead atoms. The van der Waals surface area contributed by atoms with Crippen LogP contribution in [0.1, 0.15) is 20.8 Å². The van der Waals surface area contributed by atoms with Gasteiger partial charge in [-0.25, -0.2) is 0 Å². The molecule has 1 aromatic heterocycles. The predicted octanol–water partition coefficient (Wildman–Crippen LogP) is 2.86. The zero-order valence-corrected chi connectivity index (χ0v) is 12.1. The molecule has 2 aromatic rings. The topological polar surface area (TPSA) is 41.1 Å². The second kappa shape index (κ2) is 6.45. The molecule has 1 heterocycles. The number of hydrogen-bond acceptors (Lipinski definition) is 3. The molecule has 1 aromatic carbocycles. The summed E-state index contributed by atoms with van der Waals surface area (Å²) in [6, 6.07) is 11.4. The first-order valence-electron chi connectivity index (χ1n) is 5.83. The van der Waals surface area contributed by atoms with E-state index in [2.05, 4.69) is 10.6 Å². The van der Waals surface area contributed by atoms with Gasteiger partial charge in [0, 0.05) is 10.4 Å². The van der Waals surface area contributed by atoms with Crippen LogP contribution in [0.5, 0.6) is 0 Å². The molecule has 0 unspecified atom stereocenters. The number of carbonyl (C=O) groups excluding carboxylic acids is 1. The monoisotopic (exact) mass is 290 g/mol. The smallest absolute Gasteiger partial charge is 0.257 e. The number of thiocarbonyl (C=S) groups is 1. The number of thiophene rings is 1. The van der Waals surface area contributed by atoms with Crippen LogP contribution in [0.3, 0.4) is 0 Å². The van der Waals surface area contributed by atoms with Gasteiger partial charge in [-0.3, -0.25) is 10.1 Å². The first kappa shape index (κ1) is 13.7. The van der Waals surface area contributed by atoms with E-state index >= 15 is 0 Å². The molecule has 98 valence electrons. The van der Waals surface area contributed by atoms with Gasteiger partial charge in [0.2, 0.25) is 0 Å². The van der Waals surface area contributed by atoms with Crippen LogP contribution in [-0.2, 0) is 6.54 Å². The lowest BCUT2D eigenvalue weighted by Gasteiger charge is -2.08. The summed E-state index contributed by atoms with van der Waals surface area (Å²) in [5, 5.41) is 8.03. The average Bonchev–Trinajstić information content (AvgIpc) is 2.89. The average molecular weight is 290 g/mol. The minimum absolute atomic E-state index is 0.188. The minimum atomic E-state index is -0.188. The van der Waals surface area contributed by atoms with Crippen LogP contribution in [0.25, 0.3) is 0 Å². The third-order valence-corrected chi connectivity index (χ3v) is 3.63. The van der Waals surface area contributed by atoms with Gasteiger partial charge in [0.15, 0.2) is 5.11 Å². The highest BCUT2D eigenvalue weighted by Crippen LogP contribution is 2.07. The van der Waals surface area contributed by atoms with E-state index < -0.39 is 0 Å². The largest absolute Gasteiger partial charge is 0.357 e. The molecule has 2 N–H and O–H groups in total. The highest BCUT2D eigenvalue weighted by molar-refractivity contribution is 7.80. The van der Waals surface area contributed by atoms with Gasteiger partial charge >= 0.3 is 0 Å². The molecule has 0 saturated heterocycles. The molecule has 1 amide bonds. The van der Waals surface area contributed by atoms with Crippen molar-refractivity contribution in [3.8, 4) is 0 Å². The van der Waals surface area contributed by atoms with Gasteiger partial charge in [-0.1, -0.05) is 23.8 Å². The lowest BCUT2D eigenvalue weighted by Crippen LogP contribution is -2.38. The summed E-state index contributed by atoms with van der Waals surface area (Å²) in [4.78, 5) is 13.1. The third-order valence-electron chi connectivity index (χ3n) is 2.51. The predicted molar refractivity (Wildman–Crippen MR) is 82.4 cm³/mol. The first-order chi connectivity index (χ1) is 9.15. The fraction of sp³-hybridized carbons (Fsp3) is 0.143. The molecule has 0 atom stereocenters. The lowest BCUT2D eigenvalue weighted by atomic mass is 10.1. The summed E-state index contributed by atoms with van der Waals surface area (Å²) in [7, 11) is 0. The Morgan fingerprint density at radius 1 is 1.32 bits per heavy atom. The van der Waals surface area contributed by atoms with Crippen LogP contribution < -0.4 is 10.6 Å². The zero-order chi connectivity index (χ0) is 13.7. The SMILES string of the molecule is Cc1cccc(C(=O)NC(=S)NCc2cccs2)c1.